The van der Waals surface area contributed by atoms with Crippen LogP contribution in [0.5, 0.6) is 5.75 Å². The zero-order valence-corrected chi connectivity index (χ0v) is 14.7. The third-order valence-electron chi connectivity index (χ3n) is 3.48. The van der Waals surface area contributed by atoms with Gasteiger partial charge in [-0.1, -0.05) is 11.6 Å². The second kappa shape index (κ2) is 7.40. The van der Waals surface area contributed by atoms with Crippen molar-refractivity contribution in [3.05, 3.63) is 29.3 Å². The zero-order chi connectivity index (χ0) is 17.8. The molecular formula is C15H18ClNO6S. The molecule has 0 unspecified atom stereocenters. The zero-order valence-electron chi connectivity index (χ0n) is 13.1. The Hall–Kier alpha value is -1.80. The number of esters is 1. The fourth-order valence-electron chi connectivity index (χ4n) is 2.34. The van der Waals surface area contributed by atoms with Gasteiger partial charge in [0, 0.05) is 5.02 Å². The van der Waals surface area contributed by atoms with Gasteiger partial charge in [-0.2, -0.15) is 0 Å². The van der Waals surface area contributed by atoms with Crippen molar-refractivity contribution in [3.8, 4) is 5.75 Å². The number of carbonyl (C=O) groups excluding carboxylic acids is 2. The maximum absolute atomic E-state index is 11.8. The molecule has 1 aliphatic heterocycles. The molecule has 0 bridgehead atoms. The van der Waals surface area contributed by atoms with E-state index < -0.39 is 33.9 Å². The molecule has 7 nitrogen and oxygen atoms in total. The second-order valence-corrected chi connectivity index (χ2v) is 8.47. The van der Waals surface area contributed by atoms with Gasteiger partial charge >= 0.3 is 5.97 Å². The minimum absolute atomic E-state index is 0.0402. The van der Waals surface area contributed by atoms with E-state index in [2.05, 4.69) is 5.32 Å². The summed E-state index contributed by atoms with van der Waals surface area (Å²) in [4.78, 5) is 23.4. The Bertz CT molecular complexity index is 718. The number of ether oxygens (including phenoxy) is 2. The lowest BCUT2D eigenvalue weighted by Gasteiger charge is -2.23. The van der Waals surface area contributed by atoms with Crippen LogP contribution in [0, 0.1) is 0 Å². The molecule has 0 aliphatic carbocycles. The van der Waals surface area contributed by atoms with Gasteiger partial charge in [0.25, 0.3) is 5.91 Å². The Morgan fingerprint density at radius 1 is 1.25 bits per heavy atom. The average molecular weight is 376 g/mol. The third kappa shape index (κ3) is 5.68. The fourth-order valence-corrected chi connectivity index (χ4v) is 4.56. The van der Waals surface area contributed by atoms with E-state index in [1.54, 1.807) is 31.2 Å². The first-order valence-electron chi connectivity index (χ1n) is 7.23. The van der Waals surface area contributed by atoms with E-state index in [0.717, 1.165) is 0 Å². The highest BCUT2D eigenvalue weighted by Gasteiger charge is 2.39. The van der Waals surface area contributed by atoms with Crippen LogP contribution in [0.3, 0.4) is 0 Å². The summed E-state index contributed by atoms with van der Waals surface area (Å²) in [5, 5.41) is 3.14. The average Bonchev–Trinajstić information content (AvgIpc) is 2.78. The van der Waals surface area contributed by atoms with E-state index in [1.165, 1.54) is 0 Å². The molecule has 1 aromatic carbocycles. The molecule has 1 aliphatic rings. The third-order valence-corrected chi connectivity index (χ3v) is 5.63. The molecule has 2 rings (SSSR count). The van der Waals surface area contributed by atoms with Gasteiger partial charge in [0.1, 0.15) is 5.75 Å². The van der Waals surface area contributed by atoms with Gasteiger partial charge in [0.15, 0.2) is 23.1 Å². The Kier molecular flexibility index (Phi) is 5.71. The van der Waals surface area contributed by atoms with E-state index in [0.29, 0.717) is 17.2 Å². The van der Waals surface area contributed by atoms with E-state index in [1.807, 2.05) is 0 Å². The number of amides is 1. The summed E-state index contributed by atoms with van der Waals surface area (Å²) in [6.45, 7) is 0.819. The Balaban J connectivity index is 1.71. The number of sulfone groups is 1. The van der Waals surface area contributed by atoms with Crippen molar-refractivity contribution in [1.82, 2.24) is 5.32 Å². The molecule has 0 aromatic heterocycles. The van der Waals surface area contributed by atoms with Crippen molar-refractivity contribution < 1.29 is 27.5 Å². The largest absolute Gasteiger partial charge is 0.482 e. The molecule has 0 saturated carbocycles. The van der Waals surface area contributed by atoms with Gasteiger partial charge in [-0.25, -0.2) is 13.2 Å². The smallest absolute Gasteiger partial charge is 0.344 e. The molecule has 24 heavy (non-hydrogen) atoms. The molecular weight excluding hydrogens is 358 g/mol. The van der Waals surface area contributed by atoms with Gasteiger partial charge in [0.05, 0.1) is 17.0 Å². The van der Waals surface area contributed by atoms with Crippen molar-refractivity contribution in [1.29, 1.82) is 0 Å². The standard InChI is InChI=1S/C15H18ClNO6S/c1-15(6-7-24(20,21)10-15)17-13(18)8-23-14(19)9-22-12-4-2-11(16)3-5-12/h2-5H,6-10H2,1H3,(H,17,18)/t15-/m1/s1. The quantitative estimate of drug-likeness (QED) is 0.743. The van der Waals surface area contributed by atoms with Crippen LogP contribution in [-0.4, -0.2) is 50.6 Å². The van der Waals surface area contributed by atoms with Gasteiger partial charge in [-0.3, -0.25) is 4.79 Å². The maximum Gasteiger partial charge on any atom is 0.344 e. The predicted octanol–water partition coefficient (Wildman–Crippen LogP) is 0.955. The van der Waals surface area contributed by atoms with E-state index >= 15 is 0 Å². The van der Waals surface area contributed by atoms with Crippen LogP contribution in [0.1, 0.15) is 13.3 Å². The Morgan fingerprint density at radius 2 is 1.92 bits per heavy atom. The predicted molar refractivity (Wildman–Crippen MR) is 87.7 cm³/mol. The molecule has 1 heterocycles. The minimum Gasteiger partial charge on any atom is -0.482 e. The topological polar surface area (TPSA) is 98.8 Å². The lowest BCUT2D eigenvalue weighted by molar-refractivity contribution is -0.150. The van der Waals surface area contributed by atoms with E-state index in [4.69, 9.17) is 21.1 Å². The maximum atomic E-state index is 11.8. The van der Waals surface area contributed by atoms with Gasteiger partial charge in [0.2, 0.25) is 0 Å². The molecule has 1 aromatic rings. The van der Waals surface area contributed by atoms with Crippen LogP contribution in [0.25, 0.3) is 0 Å². The van der Waals surface area contributed by atoms with Crippen LogP contribution >= 0.6 is 11.6 Å². The van der Waals surface area contributed by atoms with Crippen molar-refractivity contribution >= 4 is 33.3 Å². The summed E-state index contributed by atoms with van der Waals surface area (Å²) in [7, 11) is -3.13. The lowest BCUT2D eigenvalue weighted by atomic mass is 10.0. The Labute approximate surface area is 145 Å². The normalized spacial score (nSPS) is 21.9. The number of hydrogen-bond donors (Lipinski definition) is 1. The van der Waals surface area contributed by atoms with Gasteiger partial charge in [-0.15, -0.1) is 0 Å². The van der Waals surface area contributed by atoms with Crippen LogP contribution in [0.2, 0.25) is 5.02 Å². The first-order valence-corrected chi connectivity index (χ1v) is 9.43. The molecule has 0 spiro atoms. The van der Waals surface area contributed by atoms with Crippen LogP contribution in [0.4, 0.5) is 0 Å². The summed E-state index contributed by atoms with van der Waals surface area (Å²) in [6, 6.07) is 6.44. The van der Waals surface area contributed by atoms with Crippen LogP contribution in [-0.2, 0) is 24.2 Å². The fraction of sp³-hybridized carbons (Fsp3) is 0.467. The molecule has 0 radical (unpaired) electrons. The molecule has 132 valence electrons. The van der Waals surface area contributed by atoms with Crippen LogP contribution < -0.4 is 10.1 Å². The van der Waals surface area contributed by atoms with E-state index in [-0.39, 0.29) is 18.1 Å². The molecule has 1 fully saturated rings. The molecule has 1 atom stereocenters. The first-order chi connectivity index (χ1) is 11.2. The van der Waals surface area contributed by atoms with Crippen molar-refractivity contribution in [2.75, 3.05) is 24.7 Å². The summed E-state index contributed by atoms with van der Waals surface area (Å²) < 4.78 is 32.9. The molecule has 1 N–H and O–H groups in total. The van der Waals surface area contributed by atoms with E-state index in [9.17, 15) is 18.0 Å². The summed E-state index contributed by atoms with van der Waals surface area (Å²) in [5.41, 5.74) is -0.817. The lowest BCUT2D eigenvalue weighted by Crippen LogP contribution is -2.48. The molecule has 9 heteroatoms. The van der Waals surface area contributed by atoms with Gasteiger partial charge in [-0.05, 0) is 37.6 Å². The Morgan fingerprint density at radius 3 is 2.50 bits per heavy atom. The monoisotopic (exact) mass is 375 g/mol. The SMILES string of the molecule is C[C@@]1(NC(=O)COC(=O)COc2ccc(Cl)cc2)CCS(=O)(=O)C1. The number of halogens is 1. The highest BCUT2D eigenvalue weighted by atomic mass is 35.5. The number of rotatable bonds is 6. The van der Waals surface area contributed by atoms with Crippen molar-refractivity contribution in [2.45, 2.75) is 18.9 Å². The number of hydrogen-bond acceptors (Lipinski definition) is 6. The minimum atomic E-state index is -3.13. The first kappa shape index (κ1) is 18.5. The number of carbonyl (C=O) groups is 2. The highest BCUT2D eigenvalue weighted by molar-refractivity contribution is 7.91. The number of nitrogens with one attached hydrogen (secondary N) is 1. The van der Waals surface area contributed by atoms with Crippen LogP contribution in [0.15, 0.2) is 24.3 Å². The van der Waals surface area contributed by atoms with Crippen molar-refractivity contribution in [3.63, 3.8) is 0 Å². The number of benzene rings is 1. The second-order valence-electron chi connectivity index (χ2n) is 5.85. The summed E-state index contributed by atoms with van der Waals surface area (Å²) in [5.74, 6) is -0.874. The summed E-state index contributed by atoms with van der Waals surface area (Å²) >= 11 is 5.73. The molecule has 1 saturated heterocycles. The summed E-state index contributed by atoms with van der Waals surface area (Å²) in [6.07, 6.45) is 0.342. The molecule has 1 amide bonds. The highest BCUT2D eigenvalue weighted by Crippen LogP contribution is 2.22. The van der Waals surface area contributed by atoms with Crippen molar-refractivity contribution in [2.24, 2.45) is 0 Å². The van der Waals surface area contributed by atoms with Gasteiger partial charge < -0.3 is 14.8 Å².